The molecular weight excluding hydrogens is 474 g/mol. The van der Waals surface area contributed by atoms with Gasteiger partial charge in [0.1, 0.15) is 10.6 Å². The molecule has 0 spiro atoms. The third-order valence-corrected chi connectivity index (χ3v) is 6.51. The van der Waals surface area contributed by atoms with E-state index in [4.69, 9.17) is 9.47 Å². The number of pyridine rings is 1. The largest absolute Gasteiger partial charge is 0.507 e. The second-order valence-electron chi connectivity index (χ2n) is 7.47. The number of carbonyl (C=O) groups excluding carboxylic acids is 3. The van der Waals surface area contributed by atoms with E-state index in [1.54, 1.807) is 13.8 Å². The molecule has 0 aliphatic carbocycles. The molecule has 1 unspecified atom stereocenters. The van der Waals surface area contributed by atoms with Crippen LogP contribution in [0.4, 0.5) is 5.13 Å². The molecule has 35 heavy (non-hydrogen) atoms. The molecule has 3 aromatic rings. The number of phenolic OH excluding ortho intramolecular Hbond substituents is 1. The lowest BCUT2D eigenvalue weighted by molar-refractivity contribution is -0.132. The Labute approximate surface area is 204 Å². The predicted molar refractivity (Wildman–Crippen MR) is 126 cm³/mol. The number of amides is 1. The Kier molecular flexibility index (Phi) is 6.52. The van der Waals surface area contributed by atoms with Gasteiger partial charge in [-0.1, -0.05) is 17.4 Å². The lowest BCUT2D eigenvalue weighted by Crippen LogP contribution is -2.29. The molecule has 0 saturated carbocycles. The second-order valence-corrected chi connectivity index (χ2v) is 8.45. The first kappa shape index (κ1) is 23.9. The Morgan fingerprint density at radius 3 is 2.57 bits per heavy atom. The number of aliphatic hydroxyl groups excluding tert-OH is 1. The number of methoxy groups -OCH3 is 1. The number of hydrogen-bond donors (Lipinski definition) is 2. The van der Waals surface area contributed by atoms with Crippen LogP contribution in [-0.4, -0.2) is 51.6 Å². The molecule has 10 nitrogen and oxygen atoms in total. The van der Waals surface area contributed by atoms with Crippen LogP contribution in [-0.2, 0) is 14.3 Å². The Morgan fingerprint density at radius 1 is 1.20 bits per heavy atom. The standard InChI is InChI=1S/C24H21N3O7S/c1-4-34-23(32)21-12(2)26-24(35-21)27-18(14-5-6-15(28)16(11-14)33-3)17(20(30)22(27)31)19(29)13-7-9-25-10-8-13/h5-11,18,28-29H,4H2,1-3H3/b19-17+. The number of anilines is 1. The normalized spacial score (nSPS) is 17.0. The van der Waals surface area contributed by atoms with E-state index in [0.717, 1.165) is 16.2 Å². The molecule has 1 amide bonds. The van der Waals surface area contributed by atoms with Gasteiger partial charge in [-0.15, -0.1) is 0 Å². The zero-order chi connectivity index (χ0) is 25.3. The number of esters is 1. The lowest BCUT2D eigenvalue weighted by Gasteiger charge is -2.23. The lowest BCUT2D eigenvalue weighted by atomic mass is 9.95. The minimum Gasteiger partial charge on any atom is -0.507 e. The fourth-order valence-electron chi connectivity index (χ4n) is 3.75. The predicted octanol–water partition coefficient (Wildman–Crippen LogP) is 3.36. The number of benzene rings is 1. The number of nitrogens with zero attached hydrogens (tertiary/aromatic N) is 3. The number of thiazole rings is 1. The summed E-state index contributed by atoms with van der Waals surface area (Å²) in [6.45, 7) is 3.43. The molecule has 1 aromatic carbocycles. The molecule has 2 aromatic heterocycles. The average Bonchev–Trinajstić information content (AvgIpc) is 3.36. The molecule has 4 rings (SSSR count). The molecule has 180 valence electrons. The molecule has 1 fully saturated rings. The Bertz CT molecular complexity index is 1350. The molecule has 1 saturated heterocycles. The molecule has 2 N–H and O–H groups in total. The number of hydrogen-bond acceptors (Lipinski definition) is 10. The van der Waals surface area contributed by atoms with Crippen molar-refractivity contribution in [2.75, 3.05) is 18.6 Å². The Balaban J connectivity index is 1.94. The molecule has 1 atom stereocenters. The fourth-order valence-corrected chi connectivity index (χ4v) is 4.73. The number of aryl methyl sites for hydroxylation is 1. The SMILES string of the molecule is CCOC(=O)c1sc(N2C(=O)C(=O)/C(=C(/O)c3ccncc3)C2c2ccc(O)c(OC)c2)nc1C. The first-order valence-electron chi connectivity index (χ1n) is 10.5. The number of ketones is 1. The van der Waals surface area contributed by atoms with Gasteiger partial charge in [-0.2, -0.15) is 0 Å². The van der Waals surface area contributed by atoms with Crippen molar-refractivity contribution in [3.8, 4) is 11.5 Å². The van der Waals surface area contributed by atoms with Gasteiger partial charge in [0.25, 0.3) is 5.78 Å². The number of Topliss-reactive ketones (excluding diaryl/α,β-unsaturated/α-hetero) is 1. The van der Waals surface area contributed by atoms with E-state index in [0.29, 0.717) is 11.3 Å². The van der Waals surface area contributed by atoms with Gasteiger partial charge in [0.05, 0.1) is 31.0 Å². The van der Waals surface area contributed by atoms with Crippen molar-refractivity contribution < 1.29 is 34.1 Å². The summed E-state index contributed by atoms with van der Waals surface area (Å²) in [5, 5.41) is 21.2. The summed E-state index contributed by atoms with van der Waals surface area (Å²) in [4.78, 5) is 48.4. The molecule has 3 heterocycles. The number of phenols is 1. The van der Waals surface area contributed by atoms with E-state index in [1.165, 1.54) is 49.8 Å². The monoisotopic (exact) mass is 495 g/mol. The van der Waals surface area contributed by atoms with E-state index in [9.17, 15) is 24.6 Å². The zero-order valence-electron chi connectivity index (χ0n) is 19.0. The van der Waals surface area contributed by atoms with Gasteiger partial charge in [-0.3, -0.25) is 19.5 Å². The summed E-state index contributed by atoms with van der Waals surface area (Å²) in [6.07, 6.45) is 2.89. The number of carbonyl (C=O) groups is 3. The molecule has 0 radical (unpaired) electrons. The van der Waals surface area contributed by atoms with Crippen molar-refractivity contribution in [1.29, 1.82) is 0 Å². The van der Waals surface area contributed by atoms with Crippen LogP contribution in [0.15, 0.2) is 48.3 Å². The van der Waals surface area contributed by atoms with Crippen LogP contribution in [0.2, 0.25) is 0 Å². The van der Waals surface area contributed by atoms with E-state index < -0.39 is 29.5 Å². The average molecular weight is 496 g/mol. The number of aliphatic hydroxyl groups is 1. The van der Waals surface area contributed by atoms with Crippen molar-refractivity contribution in [3.63, 3.8) is 0 Å². The number of aromatic nitrogens is 2. The van der Waals surface area contributed by atoms with Crippen LogP contribution in [0.1, 0.15) is 39.5 Å². The van der Waals surface area contributed by atoms with E-state index >= 15 is 0 Å². The molecule has 0 bridgehead atoms. The highest BCUT2D eigenvalue weighted by molar-refractivity contribution is 7.17. The topological polar surface area (TPSA) is 139 Å². The highest BCUT2D eigenvalue weighted by Gasteiger charge is 2.48. The fraction of sp³-hybridized carbons (Fsp3) is 0.208. The molecular formula is C24H21N3O7S. The summed E-state index contributed by atoms with van der Waals surface area (Å²) in [5.41, 5.74) is 0.817. The first-order chi connectivity index (χ1) is 16.8. The van der Waals surface area contributed by atoms with Crippen molar-refractivity contribution in [2.45, 2.75) is 19.9 Å². The van der Waals surface area contributed by atoms with Crippen molar-refractivity contribution >= 4 is 39.9 Å². The van der Waals surface area contributed by atoms with Crippen LogP contribution in [0.25, 0.3) is 5.76 Å². The Morgan fingerprint density at radius 2 is 1.91 bits per heavy atom. The van der Waals surface area contributed by atoms with Crippen LogP contribution >= 0.6 is 11.3 Å². The van der Waals surface area contributed by atoms with Crippen molar-refractivity contribution in [2.24, 2.45) is 0 Å². The van der Waals surface area contributed by atoms with Gasteiger partial charge in [0, 0.05) is 18.0 Å². The highest BCUT2D eigenvalue weighted by Crippen LogP contribution is 2.45. The van der Waals surface area contributed by atoms with Crippen LogP contribution in [0.5, 0.6) is 11.5 Å². The summed E-state index contributed by atoms with van der Waals surface area (Å²) in [5.74, 6) is -2.88. The molecule has 11 heteroatoms. The summed E-state index contributed by atoms with van der Waals surface area (Å²) < 4.78 is 10.3. The first-order valence-corrected chi connectivity index (χ1v) is 11.3. The van der Waals surface area contributed by atoms with Gasteiger partial charge < -0.3 is 19.7 Å². The van der Waals surface area contributed by atoms with Crippen molar-refractivity contribution in [1.82, 2.24) is 9.97 Å². The van der Waals surface area contributed by atoms with Gasteiger partial charge in [-0.25, -0.2) is 9.78 Å². The van der Waals surface area contributed by atoms with E-state index in [2.05, 4.69) is 9.97 Å². The minimum atomic E-state index is -1.11. The molecule has 1 aliphatic rings. The summed E-state index contributed by atoms with van der Waals surface area (Å²) in [6, 6.07) is 6.23. The van der Waals surface area contributed by atoms with Crippen LogP contribution < -0.4 is 9.64 Å². The van der Waals surface area contributed by atoms with Gasteiger partial charge >= 0.3 is 11.9 Å². The maximum absolute atomic E-state index is 13.3. The van der Waals surface area contributed by atoms with Crippen LogP contribution in [0, 0.1) is 6.92 Å². The second kappa shape index (κ2) is 9.55. The third-order valence-electron chi connectivity index (χ3n) is 5.37. The maximum Gasteiger partial charge on any atom is 0.350 e. The third kappa shape index (κ3) is 4.21. The number of rotatable bonds is 6. The highest BCUT2D eigenvalue weighted by atomic mass is 32.1. The smallest absolute Gasteiger partial charge is 0.350 e. The maximum atomic E-state index is 13.3. The summed E-state index contributed by atoms with van der Waals surface area (Å²) >= 11 is 0.904. The number of ether oxygens (including phenoxy) is 2. The summed E-state index contributed by atoms with van der Waals surface area (Å²) in [7, 11) is 1.36. The van der Waals surface area contributed by atoms with Crippen molar-refractivity contribution in [3.05, 3.63) is 70.0 Å². The van der Waals surface area contributed by atoms with E-state index in [1.807, 2.05) is 0 Å². The van der Waals surface area contributed by atoms with E-state index in [-0.39, 0.29) is 39.3 Å². The van der Waals surface area contributed by atoms with Gasteiger partial charge in [0.15, 0.2) is 16.6 Å². The van der Waals surface area contributed by atoms with Crippen LogP contribution in [0.3, 0.4) is 0 Å². The number of aromatic hydroxyl groups is 1. The van der Waals surface area contributed by atoms with Gasteiger partial charge in [-0.05, 0) is 43.7 Å². The quantitative estimate of drug-likeness (QED) is 0.228. The van der Waals surface area contributed by atoms with Gasteiger partial charge in [0.2, 0.25) is 0 Å². The Hall–Kier alpha value is -4.25. The molecule has 1 aliphatic heterocycles. The minimum absolute atomic E-state index is 0.0819. The zero-order valence-corrected chi connectivity index (χ0v) is 19.8.